The molecule has 0 unspecified atom stereocenters. The second kappa shape index (κ2) is 9.71. The van der Waals surface area contributed by atoms with Crippen LogP contribution in [0.5, 0.6) is 5.75 Å². The Morgan fingerprint density at radius 3 is 2.52 bits per heavy atom. The standard InChI is InChI=1S/C23H21NO4S/c1-3-28-23(26)18-15-20(17-10-5-4-6-11-17)29-22(18)24-21(25)14-13-16-9-7-8-12-19(16)27-2/h4-15H,3H2,1-2H3,(H,24,25)/b14-13+. The Balaban J connectivity index is 1.85. The third-order valence-electron chi connectivity index (χ3n) is 4.08. The van der Waals surface area contributed by atoms with Crippen molar-refractivity contribution < 1.29 is 19.1 Å². The molecule has 148 valence electrons. The Kier molecular flexibility index (Phi) is 6.81. The maximum Gasteiger partial charge on any atom is 0.341 e. The Labute approximate surface area is 173 Å². The van der Waals surface area contributed by atoms with Crippen LogP contribution >= 0.6 is 11.3 Å². The van der Waals surface area contributed by atoms with Gasteiger partial charge in [-0.2, -0.15) is 0 Å². The van der Waals surface area contributed by atoms with Crippen LogP contribution in [0.2, 0.25) is 0 Å². The lowest BCUT2D eigenvalue weighted by Gasteiger charge is -2.05. The zero-order valence-electron chi connectivity index (χ0n) is 16.2. The first-order chi connectivity index (χ1) is 14.1. The van der Waals surface area contributed by atoms with Gasteiger partial charge in [0.05, 0.1) is 19.3 Å². The maximum atomic E-state index is 12.5. The van der Waals surface area contributed by atoms with E-state index in [0.717, 1.165) is 16.0 Å². The van der Waals surface area contributed by atoms with Gasteiger partial charge in [-0.15, -0.1) is 11.3 Å². The summed E-state index contributed by atoms with van der Waals surface area (Å²) >= 11 is 1.33. The minimum atomic E-state index is -0.463. The summed E-state index contributed by atoms with van der Waals surface area (Å²) < 4.78 is 10.4. The van der Waals surface area contributed by atoms with E-state index in [2.05, 4.69) is 5.32 Å². The zero-order valence-corrected chi connectivity index (χ0v) is 17.0. The molecule has 0 aliphatic heterocycles. The molecule has 0 spiro atoms. The number of benzene rings is 2. The summed E-state index contributed by atoms with van der Waals surface area (Å²) in [6.45, 7) is 2.01. The van der Waals surface area contributed by atoms with Crippen LogP contribution in [0.1, 0.15) is 22.8 Å². The molecule has 0 aliphatic rings. The molecule has 5 nitrogen and oxygen atoms in total. The van der Waals surface area contributed by atoms with Crippen molar-refractivity contribution in [3.05, 3.63) is 77.9 Å². The van der Waals surface area contributed by atoms with Crippen LogP contribution in [0, 0.1) is 0 Å². The highest BCUT2D eigenvalue weighted by molar-refractivity contribution is 7.20. The van der Waals surface area contributed by atoms with Crippen LogP contribution in [0.3, 0.4) is 0 Å². The molecular weight excluding hydrogens is 386 g/mol. The van der Waals surface area contributed by atoms with Crippen molar-refractivity contribution in [3.8, 4) is 16.2 Å². The first-order valence-corrected chi connectivity index (χ1v) is 9.92. The highest BCUT2D eigenvalue weighted by Gasteiger charge is 2.19. The minimum absolute atomic E-state index is 0.260. The summed E-state index contributed by atoms with van der Waals surface area (Å²) in [7, 11) is 1.58. The number of esters is 1. The molecule has 3 aromatic rings. The molecule has 0 aliphatic carbocycles. The fourth-order valence-electron chi connectivity index (χ4n) is 2.71. The predicted octanol–water partition coefficient (Wildman–Crippen LogP) is 5.25. The molecule has 1 amide bonds. The highest BCUT2D eigenvalue weighted by Crippen LogP contribution is 2.36. The van der Waals surface area contributed by atoms with Crippen molar-refractivity contribution in [1.29, 1.82) is 0 Å². The largest absolute Gasteiger partial charge is 0.496 e. The summed E-state index contributed by atoms with van der Waals surface area (Å²) in [5, 5.41) is 3.25. The van der Waals surface area contributed by atoms with Crippen molar-refractivity contribution in [1.82, 2.24) is 0 Å². The average Bonchev–Trinajstić information content (AvgIpc) is 3.17. The van der Waals surface area contributed by atoms with Crippen molar-refractivity contribution in [2.24, 2.45) is 0 Å². The molecule has 2 aromatic carbocycles. The second-order valence-electron chi connectivity index (χ2n) is 6.00. The molecule has 0 radical (unpaired) electrons. The van der Waals surface area contributed by atoms with E-state index in [0.29, 0.717) is 16.3 Å². The van der Waals surface area contributed by atoms with Crippen LogP contribution in [0.4, 0.5) is 5.00 Å². The molecule has 0 bridgehead atoms. The van der Waals surface area contributed by atoms with Crippen LogP contribution in [0.25, 0.3) is 16.5 Å². The topological polar surface area (TPSA) is 64.6 Å². The normalized spacial score (nSPS) is 10.7. The number of amides is 1. The van der Waals surface area contributed by atoms with Crippen molar-refractivity contribution in [2.45, 2.75) is 6.92 Å². The van der Waals surface area contributed by atoms with Crippen molar-refractivity contribution in [2.75, 3.05) is 19.0 Å². The van der Waals surface area contributed by atoms with Crippen molar-refractivity contribution in [3.63, 3.8) is 0 Å². The van der Waals surface area contributed by atoms with E-state index in [1.165, 1.54) is 17.4 Å². The molecule has 1 aromatic heterocycles. The molecule has 0 saturated carbocycles. The second-order valence-corrected chi connectivity index (χ2v) is 7.06. The molecular formula is C23H21NO4S. The number of nitrogens with one attached hydrogen (secondary N) is 1. The minimum Gasteiger partial charge on any atom is -0.496 e. The van der Waals surface area contributed by atoms with E-state index in [4.69, 9.17) is 9.47 Å². The first-order valence-electron chi connectivity index (χ1n) is 9.10. The molecule has 29 heavy (non-hydrogen) atoms. The number of anilines is 1. The van der Waals surface area contributed by atoms with Gasteiger partial charge in [0.1, 0.15) is 10.8 Å². The van der Waals surface area contributed by atoms with Crippen LogP contribution < -0.4 is 10.1 Å². The number of rotatable bonds is 7. The number of methoxy groups -OCH3 is 1. The van der Waals surface area contributed by atoms with E-state index in [1.54, 1.807) is 26.2 Å². The van der Waals surface area contributed by atoms with E-state index in [-0.39, 0.29) is 12.5 Å². The molecule has 1 heterocycles. The predicted molar refractivity (Wildman–Crippen MR) is 116 cm³/mol. The number of thiophene rings is 1. The number of ether oxygens (including phenoxy) is 2. The molecule has 0 atom stereocenters. The van der Waals surface area contributed by atoms with Gasteiger partial charge in [0.15, 0.2) is 0 Å². The Morgan fingerprint density at radius 2 is 1.79 bits per heavy atom. The van der Waals surface area contributed by atoms with Gasteiger partial charge in [0.25, 0.3) is 0 Å². The lowest BCUT2D eigenvalue weighted by atomic mass is 10.1. The fourth-order valence-corrected chi connectivity index (χ4v) is 3.77. The molecule has 0 saturated heterocycles. The Hall–Kier alpha value is -3.38. The van der Waals surface area contributed by atoms with Crippen LogP contribution in [-0.2, 0) is 9.53 Å². The van der Waals surface area contributed by atoms with Gasteiger partial charge in [0, 0.05) is 16.5 Å². The lowest BCUT2D eigenvalue weighted by Crippen LogP contribution is -2.11. The third-order valence-corrected chi connectivity index (χ3v) is 5.18. The van der Waals surface area contributed by atoms with Gasteiger partial charge in [0.2, 0.25) is 5.91 Å². The molecule has 3 rings (SSSR count). The monoisotopic (exact) mass is 407 g/mol. The number of carbonyl (C=O) groups is 2. The Bertz CT molecular complexity index is 1020. The SMILES string of the molecule is CCOC(=O)c1cc(-c2ccccc2)sc1NC(=O)/C=C/c1ccccc1OC. The van der Waals surface area contributed by atoms with Gasteiger partial charge >= 0.3 is 5.97 Å². The molecule has 6 heteroatoms. The Morgan fingerprint density at radius 1 is 1.07 bits per heavy atom. The smallest absolute Gasteiger partial charge is 0.341 e. The number of carbonyl (C=O) groups excluding carboxylic acids is 2. The highest BCUT2D eigenvalue weighted by atomic mass is 32.1. The van der Waals surface area contributed by atoms with E-state index >= 15 is 0 Å². The maximum absolute atomic E-state index is 12.5. The molecule has 0 fully saturated rings. The lowest BCUT2D eigenvalue weighted by molar-refractivity contribution is -0.111. The van der Waals surface area contributed by atoms with Gasteiger partial charge in [-0.1, -0.05) is 48.5 Å². The summed E-state index contributed by atoms with van der Waals surface area (Å²) in [5.41, 5.74) is 2.09. The van der Waals surface area contributed by atoms with Crippen molar-refractivity contribution >= 4 is 34.3 Å². The summed E-state index contributed by atoms with van der Waals surface area (Å²) in [5.74, 6) is -0.135. The van der Waals surface area contributed by atoms with Crippen LogP contribution in [-0.4, -0.2) is 25.6 Å². The quantitative estimate of drug-likeness (QED) is 0.429. The summed E-state index contributed by atoms with van der Waals surface area (Å²) in [4.78, 5) is 25.7. The van der Waals surface area contributed by atoms with Gasteiger partial charge in [-0.25, -0.2) is 4.79 Å². The fraction of sp³-hybridized carbons (Fsp3) is 0.130. The number of hydrogen-bond donors (Lipinski definition) is 1. The number of para-hydroxylation sites is 1. The third kappa shape index (κ3) is 5.12. The van der Waals surface area contributed by atoms with Gasteiger partial charge in [-0.05, 0) is 30.7 Å². The van der Waals surface area contributed by atoms with E-state index < -0.39 is 5.97 Å². The van der Waals surface area contributed by atoms with E-state index in [1.807, 2.05) is 54.6 Å². The zero-order chi connectivity index (χ0) is 20.6. The average molecular weight is 407 g/mol. The van der Waals surface area contributed by atoms with Gasteiger partial charge in [-0.3, -0.25) is 4.79 Å². The summed E-state index contributed by atoms with van der Waals surface area (Å²) in [6.07, 6.45) is 3.08. The summed E-state index contributed by atoms with van der Waals surface area (Å²) in [6, 6.07) is 18.8. The van der Waals surface area contributed by atoms with E-state index in [9.17, 15) is 9.59 Å². The van der Waals surface area contributed by atoms with Crippen LogP contribution in [0.15, 0.2) is 66.7 Å². The molecule has 1 N–H and O–H groups in total. The van der Waals surface area contributed by atoms with Gasteiger partial charge < -0.3 is 14.8 Å². The first kappa shape index (κ1) is 20.4. The number of hydrogen-bond acceptors (Lipinski definition) is 5.